The van der Waals surface area contributed by atoms with Crippen molar-refractivity contribution in [1.29, 1.82) is 0 Å². The van der Waals surface area contributed by atoms with E-state index < -0.39 is 18.0 Å². The highest BCUT2D eigenvalue weighted by molar-refractivity contribution is 7.09. The summed E-state index contributed by atoms with van der Waals surface area (Å²) in [6.45, 7) is 0.409. The number of thiophene rings is 1. The third-order valence-corrected chi connectivity index (χ3v) is 3.97. The molecule has 7 heteroatoms. The molecule has 3 N–H and O–H groups in total. The van der Waals surface area contributed by atoms with Crippen LogP contribution in [0.15, 0.2) is 35.7 Å². The highest BCUT2D eigenvalue weighted by atomic mass is 35.5. The van der Waals surface area contributed by atoms with Crippen molar-refractivity contribution in [3.05, 3.63) is 57.0 Å². The van der Waals surface area contributed by atoms with Crippen LogP contribution in [0.1, 0.15) is 16.5 Å². The van der Waals surface area contributed by atoms with Crippen LogP contribution in [-0.2, 0) is 6.54 Å². The average Bonchev–Trinajstić information content (AvgIpc) is 2.98. The molecule has 112 valence electrons. The maximum atomic E-state index is 13.3. The number of nitrogens with one attached hydrogen (secondary N) is 2. The highest BCUT2D eigenvalue weighted by Crippen LogP contribution is 2.19. The van der Waals surface area contributed by atoms with Crippen LogP contribution < -0.4 is 10.6 Å². The van der Waals surface area contributed by atoms with Crippen molar-refractivity contribution in [2.24, 2.45) is 0 Å². The Hall–Kier alpha value is -1.63. The number of aliphatic hydroxyl groups excluding tert-OH is 1. The molecule has 21 heavy (non-hydrogen) atoms. The fourth-order valence-corrected chi connectivity index (χ4v) is 2.43. The number of aliphatic hydroxyl groups is 1. The minimum absolute atomic E-state index is 0.00685. The van der Waals surface area contributed by atoms with Gasteiger partial charge in [-0.05, 0) is 29.1 Å². The van der Waals surface area contributed by atoms with E-state index in [2.05, 4.69) is 10.6 Å². The Bertz CT molecular complexity index is 607. The van der Waals surface area contributed by atoms with E-state index in [1.165, 1.54) is 12.1 Å². The summed E-state index contributed by atoms with van der Waals surface area (Å²) in [5, 5.41) is 17.0. The SMILES string of the molecule is O=C(NCc1cccs1)NC[C@@H](O)c1ccc(Cl)c(F)c1. The first-order valence-corrected chi connectivity index (χ1v) is 7.49. The lowest BCUT2D eigenvalue weighted by Gasteiger charge is -2.13. The van der Waals surface area contributed by atoms with E-state index in [0.29, 0.717) is 12.1 Å². The molecule has 0 saturated heterocycles. The van der Waals surface area contributed by atoms with E-state index in [-0.39, 0.29) is 11.6 Å². The molecule has 4 nitrogen and oxygen atoms in total. The molecule has 0 spiro atoms. The Morgan fingerprint density at radius 2 is 2.19 bits per heavy atom. The van der Waals surface area contributed by atoms with Gasteiger partial charge in [-0.15, -0.1) is 11.3 Å². The first-order valence-electron chi connectivity index (χ1n) is 6.23. The Morgan fingerprint density at radius 3 is 2.86 bits per heavy atom. The first kappa shape index (κ1) is 15.8. The number of urea groups is 1. The second kappa shape index (κ2) is 7.40. The smallest absolute Gasteiger partial charge is 0.315 e. The molecule has 0 aliphatic rings. The fourth-order valence-electron chi connectivity index (χ4n) is 1.67. The van der Waals surface area contributed by atoms with Gasteiger partial charge in [0.2, 0.25) is 0 Å². The summed E-state index contributed by atoms with van der Waals surface area (Å²) in [7, 11) is 0. The van der Waals surface area contributed by atoms with Gasteiger partial charge < -0.3 is 15.7 Å². The standard InChI is InChI=1S/C14H14ClFN2O2S/c15-11-4-3-9(6-12(11)16)13(19)8-18-14(20)17-7-10-2-1-5-21-10/h1-6,13,19H,7-8H2,(H2,17,18,20)/t13-/m1/s1. The predicted octanol–water partition coefficient (Wildman–Crippen LogP) is 3.07. The van der Waals surface area contributed by atoms with Crippen LogP contribution in [-0.4, -0.2) is 17.7 Å². The number of carbonyl (C=O) groups excluding carboxylic acids is 1. The highest BCUT2D eigenvalue weighted by Gasteiger charge is 2.11. The molecule has 0 saturated carbocycles. The summed E-state index contributed by atoms with van der Waals surface area (Å²) < 4.78 is 13.3. The van der Waals surface area contributed by atoms with Crippen molar-refractivity contribution in [2.45, 2.75) is 12.6 Å². The summed E-state index contributed by atoms with van der Waals surface area (Å²) >= 11 is 7.11. The second-order valence-electron chi connectivity index (χ2n) is 4.33. The van der Waals surface area contributed by atoms with Crippen LogP contribution in [0.2, 0.25) is 5.02 Å². The molecule has 0 aliphatic carbocycles. The molecule has 0 unspecified atom stereocenters. The summed E-state index contributed by atoms with van der Waals surface area (Å²) in [5.74, 6) is -0.602. The lowest BCUT2D eigenvalue weighted by Crippen LogP contribution is -2.37. The Balaban J connectivity index is 1.78. The molecule has 2 amide bonds. The van der Waals surface area contributed by atoms with Crippen LogP contribution in [0.3, 0.4) is 0 Å². The van der Waals surface area contributed by atoms with Gasteiger partial charge >= 0.3 is 6.03 Å². The molecular formula is C14H14ClFN2O2S. The number of hydrogen-bond acceptors (Lipinski definition) is 3. The van der Waals surface area contributed by atoms with Gasteiger partial charge in [0.25, 0.3) is 0 Å². The maximum Gasteiger partial charge on any atom is 0.315 e. The van der Waals surface area contributed by atoms with E-state index >= 15 is 0 Å². The summed E-state index contributed by atoms with van der Waals surface area (Å²) in [6, 6.07) is 7.46. The normalized spacial score (nSPS) is 12.0. The minimum atomic E-state index is -0.996. The molecule has 1 atom stereocenters. The van der Waals surface area contributed by atoms with Crippen molar-refractivity contribution in [2.75, 3.05) is 6.54 Å². The summed E-state index contributed by atoms with van der Waals surface area (Å²) in [5.41, 5.74) is 0.357. The number of rotatable bonds is 5. The molecule has 2 aromatic rings. The second-order valence-corrected chi connectivity index (χ2v) is 5.77. The monoisotopic (exact) mass is 328 g/mol. The van der Waals surface area contributed by atoms with Gasteiger partial charge in [-0.3, -0.25) is 0 Å². The lowest BCUT2D eigenvalue weighted by molar-refractivity contribution is 0.172. The predicted molar refractivity (Wildman–Crippen MR) is 80.9 cm³/mol. The van der Waals surface area contributed by atoms with Crippen LogP contribution >= 0.6 is 22.9 Å². The van der Waals surface area contributed by atoms with Crippen molar-refractivity contribution in [3.63, 3.8) is 0 Å². The van der Waals surface area contributed by atoms with Gasteiger partial charge in [0, 0.05) is 11.4 Å². The van der Waals surface area contributed by atoms with Crippen molar-refractivity contribution in [3.8, 4) is 0 Å². The van der Waals surface area contributed by atoms with Gasteiger partial charge in [0.05, 0.1) is 17.7 Å². The van der Waals surface area contributed by atoms with Crippen molar-refractivity contribution in [1.82, 2.24) is 10.6 Å². The molecule has 2 rings (SSSR count). The summed E-state index contributed by atoms with van der Waals surface area (Å²) in [4.78, 5) is 12.6. The van der Waals surface area contributed by atoms with E-state index in [4.69, 9.17) is 11.6 Å². The number of hydrogen-bond donors (Lipinski definition) is 3. The third-order valence-electron chi connectivity index (χ3n) is 2.79. The number of carbonyl (C=O) groups is 1. The van der Waals surface area contributed by atoms with E-state index in [9.17, 15) is 14.3 Å². The molecule has 0 aliphatic heterocycles. The number of halogens is 2. The van der Waals surface area contributed by atoms with E-state index in [1.54, 1.807) is 11.3 Å². The van der Waals surface area contributed by atoms with Crippen LogP contribution in [0.25, 0.3) is 0 Å². The zero-order valence-electron chi connectivity index (χ0n) is 11.0. The average molecular weight is 329 g/mol. The Labute approximate surface area is 130 Å². The molecule has 0 radical (unpaired) electrons. The van der Waals surface area contributed by atoms with E-state index in [1.807, 2.05) is 17.5 Å². The van der Waals surface area contributed by atoms with Crippen molar-refractivity contribution >= 4 is 29.0 Å². The minimum Gasteiger partial charge on any atom is -0.387 e. The number of amides is 2. The lowest BCUT2D eigenvalue weighted by atomic mass is 10.1. The van der Waals surface area contributed by atoms with Gasteiger partial charge in [0.15, 0.2) is 0 Å². The summed E-state index contributed by atoms with van der Waals surface area (Å²) in [6.07, 6.45) is -0.996. The van der Waals surface area contributed by atoms with Gasteiger partial charge in [-0.25, -0.2) is 9.18 Å². The largest absolute Gasteiger partial charge is 0.387 e. The van der Waals surface area contributed by atoms with Gasteiger partial charge in [-0.1, -0.05) is 23.7 Å². The van der Waals surface area contributed by atoms with Crippen LogP contribution in [0, 0.1) is 5.82 Å². The first-order chi connectivity index (χ1) is 10.1. The Morgan fingerprint density at radius 1 is 1.38 bits per heavy atom. The molecule has 1 aromatic heterocycles. The van der Waals surface area contributed by atoms with E-state index in [0.717, 1.165) is 10.9 Å². The molecule has 0 bridgehead atoms. The zero-order chi connectivity index (χ0) is 15.2. The molecule has 0 fully saturated rings. The quantitative estimate of drug-likeness (QED) is 0.790. The number of benzene rings is 1. The molecule has 1 heterocycles. The molecular weight excluding hydrogens is 315 g/mol. The van der Waals surface area contributed by atoms with Crippen molar-refractivity contribution < 1.29 is 14.3 Å². The molecule has 1 aromatic carbocycles. The van der Waals surface area contributed by atoms with Gasteiger partial charge in [0.1, 0.15) is 5.82 Å². The van der Waals surface area contributed by atoms with Crippen LogP contribution in [0.4, 0.5) is 9.18 Å². The zero-order valence-corrected chi connectivity index (χ0v) is 12.5. The topological polar surface area (TPSA) is 61.4 Å². The Kier molecular flexibility index (Phi) is 5.55. The fraction of sp³-hybridized carbons (Fsp3) is 0.214. The maximum absolute atomic E-state index is 13.3. The third kappa shape index (κ3) is 4.70. The van der Waals surface area contributed by atoms with Gasteiger partial charge in [-0.2, -0.15) is 0 Å². The van der Waals surface area contributed by atoms with Crippen LogP contribution in [0.5, 0.6) is 0 Å².